The number of hydrogen-bond acceptors (Lipinski definition) is 3. The fourth-order valence-corrected chi connectivity index (χ4v) is 1.02. The Morgan fingerprint density at radius 2 is 2.18 bits per heavy atom. The summed E-state index contributed by atoms with van der Waals surface area (Å²) in [5.74, 6) is 7.05. The molecule has 0 aromatic carbocycles. The van der Waals surface area contributed by atoms with Gasteiger partial charge in [0.1, 0.15) is 11.6 Å². The lowest BCUT2D eigenvalue weighted by Crippen LogP contribution is -2.15. The minimum absolute atomic E-state index is 0.563. The number of rotatable bonds is 2. The summed E-state index contributed by atoms with van der Waals surface area (Å²) in [6.07, 6.45) is 1.92. The molecule has 0 saturated carbocycles. The highest BCUT2D eigenvalue weighted by atomic mass is 15.4. The third kappa shape index (κ3) is 1.29. The number of nitrogen functional groups attached to an aromatic ring is 2. The van der Waals surface area contributed by atoms with Gasteiger partial charge in [0.2, 0.25) is 0 Å². The average molecular weight is 154 g/mol. The van der Waals surface area contributed by atoms with E-state index in [2.05, 4.69) is 11.9 Å². The van der Waals surface area contributed by atoms with Gasteiger partial charge in [-0.25, -0.2) is 9.66 Å². The number of anilines is 1. The highest BCUT2D eigenvalue weighted by molar-refractivity contribution is 5.37. The first-order valence-corrected chi connectivity index (χ1v) is 3.75. The number of aryl methyl sites for hydroxylation is 2. The summed E-state index contributed by atoms with van der Waals surface area (Å²) in [4.78, 5) is 4.21. The van der Waals surface area contributed by atoms with Gasteiger partial charge in [0.05, 0.1) is 5.69 Å². The molecule has 62 valence electrons. The lowest BCUT2D eigenvalue weighted by Gasteiger charge is -1.99. The van der Waals surface area contributed by atoms with Crippen LogP contribution in [0.3, 0.4) is 0 Å². The van der Waals surface area contributed by atoms with Crippen LogP contribution in [0.5, 0.6) is 0 Å². The molecule has 0 bridgehead atoms. The van der Waals surface area contributed by atoms with E-state index < -0.39 is 0 Å². The maximum atomic E-state index is 5.62. The van der Waals surface area contributed by atoms with Gasteiger partial charge in [0.15, 0.2) is 0 Å². The van der Waals surface area contributed by atoms with Gasteiger partial charge >= 0.3 is 0 Å². The summed E-state index contributed by atoms with van der Waals surface area (Å²) in [6, 6.07) is 0. The van der Waals surface area contributed by atoms with Crippen molar-refractivity contribution in [1.82, 2.24) is 9.66 Å². The van der Waals surface area contributed by atoms with Crippen molar-refractivity contribution in [1.29, 1.82) is 0 Å². The number of hydrogen-bond donors (Lipinski definition) is 2. The van der Waals surface area contributed by atoms with Crippen LogP contribution < -0.4 is 11.6 Å². The fraction of sp³-hybridized carbons (Fsp3) is 0.571. The van der Waals surface area contributed by atoms with E-state index in [1.54, 1.807) is 0 Å². The summed E-state index contributed by atoms with van der Waals surface area (Å²) in [6.45, 7) is 3.94. The topological polar surface area (TPSA) is 69.9 Å². The molecule has 0 amide bonds. The highest BCUT2D eigenvalue weighted by Gasteiger charge is 2.06. The molecule has 1 aromatic rings. The van der Waals surface area contributed by atoms with Crippen molar-refractivity contribution < 1.29 is 0 Å². The van der Waals surface area contributed by atoms with Gasteiger partial charge in [-0.1, -0.05) is 6.92 Å². The molecule has 1 aromatic heterocycles. The van der Waals surface area contributed by atoms with Crippen LogP contribution in [0.2, 0.25) is 0 Å². The minimum Gasteiger partial charge on any atom is -0.382 e. The van der Waals surface area contributed by atoms with Gasteiger partial charge < -0.3 is 11.6 Å². The molecule has 0 aliphatic carbocycles. The van der Waals surface area contributed by atoms with Crippen molar-refractivity contribution in [3.05, 3.63) is 11.5 Å². The van der Waals surface area contributed by atoms with Gasteiger partial charge in [-0.3, -0.25) is 0 Å². The number of nitrogens with two attached hydrogens (primary N) is 2. The third-order valence-electron chi connectivity index (χ3n) is 1.68. The molecule has 0 atom stereocenters. The Morgan fingerprint density at radius 1 is 1.55 bits per heavy atom. The summed E-state index contributed by atoms with van der Waals surface area (Å²) < 4.78 is 1.46. The van der Waals surface area contributed by atoms with Crippen molar-refractivity contribution in [2.45, 2.75) is 26.7 Å². The van der Waals surface area contributed by atoms with Crippen LogP contribution >= 0.6 is 0 Å². The molecular weight excluding hydrogens is 140 g/mol. The van der Waals surface area contributed by atoms with Crippen molar-refractivity contribution >= 4 is 5.82 Å². The monoisotopic (exact) mass is 154 g/mol. The maximum Gasteiger partial charge on any atom is 0.145 e. The lowest BCUT2D eigenvalue weighted by molar-refractivity contribution is 0.793. The van der Waals surface area contributed by atoms with E-state index in [1.807, 2.05) is 6.92 Å². The molecule has 0 spiro atoms. The van der Waals surface area contributed by atoms with Gasteiger partial charge in [0, 0.05) is 6.42 Å². The van der Waals surface area contributed by atoms with Crippen molar-refractivity contribution in [2.75, 3.05) is 11.6 Å². The normalized spacial score (nSPS) is 10.4. The Balaban J connectivity index is 2.98. The predicted octanol–water partition coefficient (Wildman–Crippen LogP) is 0.440. The Morgan fingerprint density at radius 3 is 2.55 bits per heavy atom. The van der Waals surface area contributed by atoms with Crippen LogP contribution in [0.4, 0.5) is 5.82 Å². The molecule has 4 nitrogen and oxygen atoms in total. The molecule has 0 aliphatic rings. The van der Waals surface area contributed by atoms with Crippen LogP contribution in [-0.4, -0.2) is 9.66 Å². The Hall–Kier alpha value is -1.19. The summed E-state index contributed by atoms with van der Waals surface area (Å²) in [5, 5.41) is 0. The molecule has 0 aliphatic heterocycles. The molecule has 11 heavy (non-hydrogen) atoms. The van der Waals surface area contributed by atoms with E-state index in [-0.39, 0.29) is 0 Å². The second-order valence-electron chi connectivity index (χ2n) is 2.62. The van der Waals surface area contributed by atoms with Crippen LogP contribution in [0, 0.1) is 6.92 Å². The van der Waals surface area contributed by atoms with Crippen molar-refractivity contribution in [2.24, 2.45) is 0 Å². The van der Waals surface area contributed by atoms with Crippen LogP contribution in [-0.2, 0) is 6.42 Å². The lowest BCUT2D eigenvalue weighted by atomic mass is 10.3. The van der Waals surface area contributed by atoms with E-state index in [0.717, 1.165) is 24.4 Å². The first kappa shape index (κ1) is 7.91. The smallest absolute Gasteiger partial charge is 0.145 e. The highest BCUT2D eigenvalue weighted by Crippen LogP contribution is 2.10. The molecule has 0 radical (unpaired) electrons. The van der Waals surface area contributed by atoms with Crippen LogP contribution in [0.15, 0.2) is 0 Å². The zero-order valence-electron chi connectivity index (χ0n) is 6.96. The van der Waals surface area contributed by atoms with E-state index in [9.17, 15) is 0 Å². The molecule has 4 heteroatoms. The molecule has 1 rings (SSSR count). The summed E-state index contributed by atoms with van der Waals surface area (Å²) in [5.41, 5.74) is 6.42. The number of imidazole rings is 1. The van der Waals surface area contributed by atoms with E-state index in [1.165, 1.54) is 4.68 Å². The SMILES string of the molecule is CCCc1nc(C)c(N)n1N. The van der Waals surface area contributed by atoms with Gasteiger partial charge in [-0.2, -0.15) is 0 Å². The largest absolute Gasteiger partial charge is 0.382 e. The average Bonchev–Trinajstić information content (AvgIpc) is 2.19. The molecule has 1 heterocycles. The molecule has 0 fully saturated rings. The van der Waals surface area contributed by atoms with Crippen molar-refractivity contribution in [3.8, 4) is 0 Å². The minimum atomic E-state index is 0.563. The molecule has 0 unspecified atom stereocenters. The zero-order chi connectivity index (χ0) is 8.43. The molecule has 0 saturated heterocycles. The summed E-state index contributed by atoms with van der Waals surface area (Å²) >= 11 is 0. The Kier molecular flexibility index (Phi) is 2.03. The van der Waals surface area contributed by atoms with E-state index in [4.69, 9.17) is 11.6 Å². The van der Waals surface area contributed by atoms with Gasteiger partial charge in [0.25, 0.3) is 0 Å². The number of aromatic nitrogens is 2. The van der Waals surface area contributed by atoms with Crippen LogP contribution in [0.1, 0.15) is 24.9 Å². The quantitative estimate of drug-likeness (QED) is 0.607. The van der Waals surface area contributed by atoms with Gasteiger partial charge in [-0.05, 0) is 13.3 Å². The Labute approximate surface area is 66.2 Å². The number of nitrogens with zero attached hydrogens (tertiary/aromatic N) is 2. The second kappa shape index (κ2) is 2.82. The second-order valence-corrected chi connectivity index (χ2v) is 2.62. The first-order chi connectivity index (χ1) is 5.16. The van der Waals surface area contributed by atoms with Crippen molar-refractivity contribution in [3.63, 3.8) is 0 Å². The first-order valence-electron chi connectivity index (χ1n) is 3.75. The van der Waals surface area contributed by atoms with Crippen LogP contribution in [0.25, 0.3) is 0 Å². The van der Waals surface area contributed by atoms with E-state index >= 15 is 0 Å². The fourth-order valence-electron chi connectivity index (χ4n) is 1.02. The third-order valence-corrected chi connectivity index (χ3v) is 1.68. The molecule has 4 N–H and O–H groups in total. The predicted molar refractivity (Wildman–Crippen MR) is 45.5 cm³/mol. The standard InChI is InChI=1S/C7H14N4/c1-3-4-6-10-5(2)7(8)11(6)9/h3-4,8-9H2,1-2H3. The maximum absolute atomic E-state index is 5.62. The molecular formula is C7H14N4. The zero-order valence-corrected chi connectivity index (χ0v) is 6.96. The van der Waals surface area contributed by atoms with Gasteiger partial charge in [-0.15, -0.1) is 0 Å². The Bertz CT molecular complexity index is 251. The van der Waals surface area contributed by atoms with E-state index in [0.29, 0.717) is 5.82 Å². The summed E-state index contributed by atoms with van der Waals surface area (Å²) in [7, 11) is 0.